The summed E-state index contributed by atoms with van der Waals surface area (Å²) in [6, 6.07) is 3.56. The van der Waals surface area contributed by atoms with Gasteiger partial charge in [0, 0.05) is 11.6 Å². The molecule has 2 N–H and O–H groups in total. The Balaban J connectivity index is 2.29. The van der Waals surface area contributed by atoms with Crippen molar-refractivity contribution in [2.24, 2.45) is 5.92 Å². The van der Waals surface area contributed by atoms with Crippen molar-refractivity contribution in [3.63, 3.8) is 0 Å². The van der Waals surface area contributed by atoms with Crippen molar-refractivity contribution in [2.75, 3.05) is 10.6 Å². The second-order valence-electron chi connectivity index (χ2n) is 6.49. The van der Waals surface area contributed by atoms with E-state index in [2.05, 4.69) is 5.32 Å². The summed E-state index contributed by atoms with van der Waals surface area (Å²) >= 11 is 0. The van der Waals surface area contributed by atoms with Crippen LogP contribution in [0.1, 0.15) is 36.7 Å². The van der Waals surface area contributed by atoms with Crippen LogP contribution in [0.5, 0.6) is 0 Å². The van der Waals surface area contributed by atoms with Gasteiger partial charge in [0.05, 0.1) is 11.9 Å². The van der Waals surface area contributed by atoms with Gasteiger partial charge in [0.15, 0.2) is 0 Å². The first kappa shape index (κ1) is 18.3. The van der Waals surface area contributed by atoms with Crippen LogP contribution in [0.25, 0.3) is 0 Å². The molecule has 0 aliphatic carbocycles. The van der Waals surface area contributed by atoms with Crippen LogP contribution in [0, 0.1) is 5.92 Å². The van der Waals surface area contributed by atoms with Gasteiger partial charge in [-0.2, -0.15) is 0 Å². The summed E-state index contributed by atoms with van der Waals surface area (Å²) in [7, 11) is -3.38. The lowest BCUT2D eigenvalue weighted by molar-refractivity contribution is -0.140. The van der Waals surface area contributed by atoms with Crippen molar-refractivity contribution in [1.82, 2.24) is 5.32 Å². The number of sulfonamides is 1. The molecule has 0 spiro atoms. The number of amides is 1. The van der Waals surface area contributed by atoms with Crippen LogP contribution in [-0.4, -0.2) is 43.7 Å². The highest BCUT2D eigenvalue weighted by Crippen LogP contribution is 2.34. The Morgan fingerprint density at radius 2 is 1.96 bits per heavy atom. The van der Waals surface area contributed by atoms with Gasteiger partial charge in [0.25, 0.3) is 5.91 Å². The van der Waals surface area contributed by atoms with E-state index in [1.165, 1.54) is 10.4 Å². The summed E-state index contributed by atoms with van der Waals surface area (Å²) in [5.74, 6) is -1.82. The van der Waals surface area contributed by atoms with E-state index in [0.717, 1.165) is 11.8 Å². The maximum atomic E-state index is 12.3. The SMILES string of the molecule is CC(C)[C@H](NC(=O)c1ccc2c(c1)C[C@H](C)N2S(C)(=O)=O)C(=O)O. The van der Waals surface area contributed by atoms with Crippen molar-refractivity contribution >= 4 is 27.6 Å². The summed E-state index contributed by atoms with van der Waals surface area (Å²) in [5, 5.41) is 11.7. The van der Waals surface area contributed by atoms with Crippen LogP contribution in [0.2, 0.25) is 0 Å². The number of nitrogens with one attached hydrogen (secondary N) is 1. The van der Waals surface area contributed by atoms with Gasteiger partial charge in [-0.15, -0.1) is 0 Å². The lowest BCUT2D eigenvalue weighted by Crippen LogP contribution is -2.44. The number of carbonyl (C=O) groups excluding carboxylic acids is 1. The number of carboxylic acids is 1. The van der Waals surface area contributed by atoms with Gasteiger partial charge in [-0.3, -0.25) is 9.10 Å². The van der Waals surface area contributed by atoms with Gasteiger partial charge in [-0.1, -0.05) is 13.8 Å². The molecular formula is C16H22N2O5S. The number of hydrogen-bond acceptors (Lipinski definition) is 4. The summed E-state index contributed by atoms with van der Waals surface area (Å²) in [5.41, 5.74) is 1.65. The fourth-order valence-electron chi connectivity index (χ4n) is 2.99. The van der Waals surface area contributed by atoms with E-state index < -0.39 is 27.9 Å². The topological polar surface area (TPSA) is 104 Å². The summed E-state index contributed by atoms with van der Waals surface area (Å²) in [4.78, 5) is 23.5. The molecule has 24 heavy (non-hydrogen) atoms. The van der Waals surface area contributed by atoms with Gasteiger partial charge in [0.2, 0.25) is 10.0 Å². The van der Waals surface area contributed by atoms with Crippen molar-refractivity contribution in [1.29, 1.82) is 0 Å². The first-order chi connectivity index (χ1) is 11.0. The standard InChI is InChI=1S/C16H22N2O5S/c1-9(2)14(16(20)21)17-15(19)11-5-6-13-12(8-11)7-10(3)18(13)24(4,22)23/h5-6,8-10,14H,7H2,1-4H3,(H,17,19)(H,20,21)/t10-,14-/m0/s1. The second-order valence-corrected chi connectivity index (χ2v) is 8.35. The van der Waals surface area contributed by atoms with Crippen molar-refractivity contribution in [3.8, 4) is 0 Å². The molecule has 8 heteroatoms. The minimum atomic E-state index is -3.38. The molecule has 1 aliphatic rings. The van der Waals surface area contributed by atoms with E-state index in [-0.39, 0.29) is 12.0 Å². The Bertz CT molecular complexity index is 773. The monoisotopic (exact) mass is 354 g/mol. The average molecular weight is 354 g/mol. The zero-order chi connectivity index (χ0) is 18.2. The highest BCUT2D eigenvalue weighted by Gasteiger charge is 2.33. The number of carboxylic acid groups (broad SMARTS) is 1. The van der Waals surface area contributed by atoms with E-state index in [9.17, 15) is 18.0 Å². The van der Waals surface area contributed by atoms with Gasteiger partial charge in [-0.05, 0) is 43.0 Å². The van der Waals surface area contributed by atoms with Crippen molar-refractivity contribution in [2.45, 2.75) is 39.3 Å². The van der Waals surface area contributed by atoms with Crippen LogP contribution >= 0.6 is 0 Å². The van der Waals surface area contributed by atoms with Crippen molar-refractivity contribution in [3.05, 3.63) is 29.3 Å². The number of rotatable bonds is 5. The first-order valence-electron chi connectivity index (χ1n) is 7.68. The van der Waals surface area contributed by atoms with E-state index in [1.807, 2.05) is 0 Å². The van der Waals surface area contributed by atoms with Crippen LogP contribution in [0.15, 0.2) is 18.2 Å². The van der Waals surface area contributed by atoms with E-state index in [0.29, 0.717) is 17.7 Å². The summed E-state index contributed by atoms with van der Waals surface area (Å²) < 4.78 is 25.1. The van der Waals surface area contributed by atoms with Gasteiger partial charge in [0.1, 0.15) is 6.04 Å². The molecule has 2 atom stereocenters. The quantitative estimate of drug-likeness (QED) is 0.828. The Labute approximate surface area is 141 Å². The number of carbonyl (C=O) groups is 2. The zero-order valence-electron chi connectivity index (χ0n) is 14.1. The minimum absolute atomic E-state index is 0.212. The van der Waals surface area contributed by atoms with Gasteiger partial charge < -0.3 is 10.4 Å². The smallest absolute Gasteiger partial charge is 0.326 e. The molecule has 0 aromatic heterocycles. The molecule has 132 valence electrons. The molecule has 0 unspecified atom stereocenters. The molecule has 1 amide bonds. The van der Waals surface area contributed by atoms with E-state index in [4.69, 9.17) is 5.11 Å². The predicted octanol–water partition coefficient (Wildman–Crippen LogP) is 1.24. The molecule has 7 nitrogen and oxygen atoms in total. The van der Waals surface area contributed by atoms with Crippen LogP contribution in [0.4, 0.5) is 5.69 Å². The molecule has 2 rings (SSSR count). The molecule has 0 fully saturated rings. The van der Waals surface area contributed by atoms with Crippen LogP contribution in [-0.2, 0) is 21.2 Å². The maximum absolute atomic E-state index is 12.3. The Morgan fingerprint density at radius 3 is 2.46 bits per heavy atom. The molecule has 0 saturated carbocycles. The molecule has 0 saturated heterocycles. The Morgan fingerprint density at radius 1 is 1.33 bits per heavy atom. The first-order valence-corrected chi connectivity index (χ1v) is 9.53. The highest BCUT2D eigenvalue weighted by molar-refractivity contribution is 7.92. The fraction of sp³-hybridized carbons (Fsp3) is 0.500. The Kier molecular flexibility index (Phi) is 4.89. The lowest BCUT2D eigenvalue weighted by Gasteiger charge is -2.22. The average Bonchev–Trinajstić information content (AvgIpc) is 2.78. The largest absolute Gasteiger partial charge is 0.480 e. The molecule has 1 aliphatic heterocycles. The molecule has 1 heterocycles. The predicted molar refractivity (Wildman–Crippen MR) is 90.7 cm³/mol. The van der Waals surface area contributed by atoms with Crippen molar-refractivity contribution < 1.29 is 23.1 Å². The lowest BCUT2D eigenvalue weighted by atomic mass is 10.0. The molecule has 1 aromatic rings. The fourth-order valence-corrected chi connectivity index (χ4v) is 4.25. The summed E-state index contributed by atoms with van der Waals surface area (Å²) in [6.07, 6.45) is 1.66. The van der Waals surface area contributed by atoms with Crippen LogP contribution in [0.3, 0.4) is 0 Å². The number of anilines is 1. The number of benzene rings is 1. The van der Waals surface area contributed by atoms with E-state index in [1.54, 1.807) is 32.9 Å². The number of aliphatic carboxylic acids is 1. The zero-order valence-corrected chi connectivity index (χ0v) is 14.9. The highest BCUT2D eigenvalue weighted by atomic mass is 32.2. The third-order valence-corrected chi connectivity index (χ3v) is 5.34. The number of fused-ring (bicyclic) bond motifs is 1. The second kappa shape index (κ2) is 6.43. The molecule has 1 aromatic carbocycles. The van der Waals surface area contributed by atoms with Gasteiger partial charge in [-0.25, -0.2) is 13.2 Å². The molecular weight excluding hydrogens is 332 g/mol. The third-order valence-electron chi connectivity index (χ3n) is 4.07. The minimum Gasteiger partial charge on any atom is -0.480 e. The van der Waals surface area contributed by atoms with E-state index >= 15 is 0 Å². The third kappa shape index (κ3) is 3.53. The number of hydrogen-bond donors (Lipinski definition) is 2. The molecule has 0 bridgehead atoms. The number of nitrogens with zero attached hydrogens (tertiary/aromatic N) is 1. The van der Waals surface area contributed by atoms with Crippen LogP contribution < -0.4 is 9.62 Å². The van der Waals surface area contributed by atoms with Gasteiger partial charge >= 0.3 is 5.97 Å². The Hall–Kier alpha value is -2.09. The maximum Gasteiger partial charge on any atom is 0.326 e. The summed E-state index contributed by atoms with van der Waals surface area (Å²) in [6.45, 7) is 5.24. The normalized spacial score (nSPS) is 18.4. The molecule has 0 radical (unpaired) electrons.